The van der Waals surface area contributed by atoms with Crippen LogP contribution in [0.5, 0.6) is 17.2 Å². The highest BCUT2D eigenvalue weighted by molar-refractivity contribution is 6.00. The van der Waals surface area contributed by atoms with E-state index in [9.17, 15) is 24.1 Å². The Labute approximate surface area is 157 Å². The molecule has 1 aliphatic heterocycles. The van der Waals surface area contributed by atoms with Crippen LogP contribution in [0.2, 0.25) is 0 Å². The molecule has 146 valence electrons. The predicted molar refractivity (Wildman–Crippen MR) is 91.7 cm³/mol. The summed E-state index contributed by atoms with van der Waals surface area (Å²) in [5, 5.41) is 11.3. The fourth-order valence-corrected chi connectivity index (χ4v) is 2.52. The van der Waals surface area contributed by atoms with E-state index in [1.807, 2.05) is 0 Å². The standard InChI is InChI=1S/C18H14FNO8/c1-25-15-3-2-10(6-12(15)19)14(21)9-28-18(22)11-7-16-17(27-5-4-26-16)8-13(11)20(23)24/h2-3,6-8H,4-5,9H2,1H3. The van der Waals surface area contributed by atoms with Gasteiger partial charge >= 0.3 is 5.97 Å². The van der Waals surface area contributed by atoms with Crippen LogP contribution < -0.4 is 14.2 Å². The second-order valence-corrected chi connectivity index (χ2v) is 5.62. The summed E-state index contributed by atoms with van der Waals surface area (Å²) in [6, 6.07) is 5.71. The van der Waals surface area contributed by atoms with Gasteiger partial charge < -0.3 is 18.9 Å². The lowest BCUT2D eigenvalue weighted by molar-refractivity contribution is -0.385. The van der Waals surface area contributed by atoms with Gasteiger partial charge in [0, 0.05) is 11.6 Å². The molecule has 3 rings (SSSR count). The Morgan fingerprint density at radius 1 is 1.18 bits per heavy atom. The number of methoxy groups -OCH3 is 1. The highest BCUT2D eigenvalue weighted by atomic mass is 19.1. The predicted octanol–water partition coefficient (Wildman–Crippen LogP) is 2.55. The largest absolute Gasteiger partial charge is 0.494 e. The van der Waals surface area contributed by atoms with Crippen LogP contribution in [-0.4, -0.2) is 43.6 Å². The summed E-state index contributed by atoms with van der Waals surface area (Å²) < 4.78 is 33.9. The number of nitro benzene ring substituents is 1. The highest BCUT2D eigenvalue weighted by Crippen LogP contribution is 2.36. The number of carbonyl (C=O) groups is 2. The van der Waals surface area contributed by atoms with Crippen LogP contribution in [0.25, 0.3) is 0 Å². The molecule has 2 aromatic rings. The molecule has 1 heterocycles. The van der Waals surface area contributed by atoms with Gasteiger partial charge in [-0.05, 0) is 18.2 Å². The molecule has 28 heavy (non-hydrogen) atoms. The number of hydrogen-bond acceptors (Lipinski definition) is 8. The molecule has 0 amide bonds. The molecule has 0 saturated carbocycles. The first-order chi connectivity index (χ1) is 13.4. The summed E-state index contributed by atoms with van der Waals surface area (Å²) in [5.74, 6) is -2.27. The monoisotopic (exact) mass is 391 g/mol. The summed E-state index contributed by atoms with van der Waals surface area (Å²) in [6.45, 7) is -0.280. The third-order valence-electron chi connectivity index (χ3n) is 3.89. The molecule has 0 unspecified atom stereocenters. The lowest BCUT2D eigenvalue weighted by Crippen LogP contribution is -2.18. The number of nitrogens with zero attached hydrogens (tertiary/aromatic N) is 1. The van der Waals surface area contributed by atoms with Crippen molar-refractivity contribution in [2.75, 3.05) is 26.9 Å². The Balaban J connectivity index is 1.76. The van der Waals surface area contributed by atoms with Gasteiger partial charge in [-0.2, -0.15) is 0 Å². The van der Waals surface area contributed by atoms with Crippen LogP contribution in [0, 0.1) is 15.9 Å². The van der Waals surface area contributed by atoms with Crippen LogP contribution in [-0.2, 0) is 4.74 Å². The molecule has 1 aliphatic rings. The molecular weight excluding hydrogens is 377 g/mol. The minimum Gasteiger partial charge on any atom is -0.494 e. The van der Waals surface area contributed by atoms with Crippen molar-refractivity contribution >= 4 is 17.4 Å². The molecule has 0 aliphatic carbocycles. The van der Waals surface area contributed by atoms with Gasteiger partial charge in [0.05, 0.1) is 18.1 Å². The summed E-state index contributed by atoms with van der Waals surface area (Å²) >= 11 is 0. The molecule has 9 nitrogen and oxygen atoms in total. The number of nitro groups is 1. The van der Waals surface area contributed by atoms with Crippen molar-refractivity contribution in [3.63, 3.8) is 0 Å². The van der Waals surface area contributed by atoms with Gasteiger partial charge in [0.2, 0.25) is 0 Å². The lowest BCUT2D eigenvalue weighted by atomic mass is 10.1. The van der Waals surface area contributed by atoms with Crippen LogP contribution in [0.1, 0.15) is 20.7 Å². The number of esters is 1. The Kier molecular flexibility index (Phi) is 5.39. The van der Waals surface area contributed by atoms with Crippen LogP contribution in [0.3, 0.4) is 0 Å². The fourth-order valence-electron chi connectivity index (χ4n) is 2.52. The van der Waals surface area contributed by atoms with Gasteiger partial charge in [0.25, 0.3) is 5.69 Å². The van der Waals surface area contributed by atoms with E-state index in [4.69, 9.17) is 18.9 Å². The normalized spacial score (nSPS) is 12.2. The fraction of sp³-hybridized carbons (Fsp3) is 0.222. The first kappa shape index (κ1) is 19.1. The summed E-state index contributed by atoms with van der Waals surface area (Å²) in [6.07, 6.45) is 0. The van der Waals surface area contributed by atoms with Crippen molar-refractivity contribution in [3.8, 4) is 17.2 Å². The zero-order chi connectivity index (χ0) is 20.3. The average molecular weight is 391 g/mol. The van der Waals surface area contributed by atoms with E-state index in [0.717, 1.165) is 18.2 Å². The van der Waals surface area contributed by atoms with Crippen LogP contribution in [0.4, 0.5) is 10.1 Å². The molecule has 0 saturated heterocycles. The van der Waals surface area contributed by atoms with Crippen molar-refractivity contribution in [1.82, 2.24) is 0 Å². The zero-order valence-corrected chi connectivity index (χ0v) is 14.6. The highest BCUT2D eigenvalue weighted by Gasteiger charge is 2.28. The molecule has 0 atom stereocenters. The van der Waals surface area contributed by atoms with E-state index >= 15 is 0 Å². The van der Waals surface area contributed by atoms with Gasteiger partial charge in [0.1, 0.15) is 18.8 Å². The quantitative estimate of drug-likeness (QED) is 0.319. The molecule has 0 spiro atoms. The SMILES string of the molecule is COc1ccc(C(=O)COC(=O)c2cc3c(cc2[N+](=O)[O-])OCCO3)cc1F. The van der Waals surface area contributed by atoms with Gasteiger partial charge in [-0.15, -0.1) is 0 Å². The Morgan fingerprint density at radius 2 is 1.86 bits per heavy atom. The number of rotatable bonds is 6. The van der Waals surface area contributed by atoms with Crippen molar-refractivity contribution < 1.29 is 37.9 Å². The van der Waals surface area contributed by atoms with E-state index in [1.54, 1.807) is 0 Å². The maximum Gasteiger partial charge on any atom is 0.345 e. The maximum absolute atomic E-state index is 13.7. The van der Waals surface area contributed by atoms with Crippen LogP contribution in [0.15, 0.2) is 30.3 Å². The van der Waals surface area contributed by atoms with E-state index < -0.39 is 34.8 Å². The first-order valence-electron chi connectivity index (χ1n) is 8.02. The van der Waals surface area contributed by atoms with E-state index in [2.05, 4.69) is 0 Å². The summed E-state index contributed by atoms with van der Waals surface area (Å²) in [5.41, 5.74) is -0.970. The van der Waals surface area contributed by atoms with Crippen molar-refractivity contribution in [2.45, 2.75) is 0 Å². The van der Waals surface area contributed by atoms with Gasteiger partial charge in [0.15, 0.2) is 35.5 Å². The van der Waals surface area contributed by atoms with E-state index in [-0.39, 0.29) is 41.6 Å². The smallest absolute Gasteiger partial charge is 0.345 e. The summed E-state index contributed by atoms with van der Waals surface area (Å²) in [4.78, 5) is 34.9. The molecule has 0 fully saturated rings. The minimum absolute atomic E-state index is 0.0391. The van der Waals surface area contributed by atoms with E-state index in [1.165, 1.54) is 19.2 Å². The van der Waals surface area contributed by atoms with E-state index in [0.29, 0.717) is 0 Å². The number of benzene rings is 2. The number of halogens is 1. The third kappa shape index (κ3) is 3.85. The maximum atomic E-state index is 13.7. The Hall–Kier alpha value is -3.69. The molecule has 0 N–H and O–H groups in total. The molecular formula is C18H14FNO8. The molecule has 10 heteroatoms. The average Bonchev–Trinajstić information content (AvgIpc) is 2.70. The third-order valence-corrected chi connectivity index (χ3v) is 3.89. The number of fused-ring (bicyclic) bond motifs is 1. The minimum atomic E-state index is -1.09. The number of Topliss-reactive ketones (excluding diaryl/α,β-unsaturated/α-hetero) is 1. The molecule has 0 aromatic heterocycles. The van der Waals surface area contributed by atoms with Crippen molar-refractivity contribution in [1.29, 1.82) is 0 Å². The number of carbonyl (C=O) groups excluding carboxylic acids is 2. The Morgan fingerprint density at radius 3 is 2.46 bits per heavy atom. The van der Waals surface area contributed by atoms with Crippen molar-refractivity contribution in [2.24, 2.45) is 0 Å². The molecule has 2 aromatic carbocycles. The first-order valence-corrected chi connectivity index (χ1v) is 8.02. The second-order valence-electron chi connectivity index (χ2n) is 5.62. The van der Waals surface area contributed by atoms with Gasteiger partial charge in [-0.3, -0.25) is 14.9 Å². The zero-order valence-electron chi connectivity index (χ0n) is 14.6. The number of ketones is 1. The number of ether oxygens (including phenoxy) is 4. The van der Waals surface area contributed by atoms with Gasteiger partial charge in [-0.1, -0.05) is 0 Å². The van der Waals surface area contributed by atoms with Crippen molar-refractivity contribution in [3.05, 3.63) is 57.4 Å². The summed E-state index contributed by atoms with van der Waals surface area (Å²) in [7, 11) is 1.28. The molecule has 0 radical (unpaired) electrons. The molecule has 0 bridgehead atoms. The second kappa shape index (κ2) is 7.91. The lowest BCUT2D eigenvalue weighted by Gasteiger charge is -2.18. The Bertz CT molecular complexity index is 959. The van der Waals surface area contributed by atoms with Crippen LogP contribution >= 0.6 is 0 Å². The topological polar surface area (TPSA) is 114 Å². The number of hydrogen-bond donors (Lipinski definition) is 0. The van der Waals surface area contributed by atoms with Gasteiger partial charge in [-0.25, -0.2) is 9.18 Å².